The van der Waals surface area contributed by atoms with Crippen LogP contribution in [0.4, 0.5) is 0 Å². The summed E-state index contributed by atoms with van der Waals surface area (Å²) in [6, 6.07) is 8.63. The van der Waals surface area contributed by atoms with Gasteiger partial charge in [0.15, 0.2) is 5.78 Å². The fourth-order valence-electron chi connectivity index (χ4n) is 2.40. The number of carbonyl (C=O) groups is 2. The number of fused-ring (bicyclic) bond motifs is 1. The van der Waals surface area contributed by atoms with Crippen LogP contribution in [0.5, 0.6) is 5.75 Å². The summed E-state index contributed by atoms with van der Waals surface area (Å²) in [6.45, 7) is 0.690. The molecule has 112 valence electrons. The van der Waals surface area contributed by atoms with E-state index in [9.17, 15) is 9.59 Å². The molecule has 1 N–H and O–H groups in total. The van der Waals surface area contributed by atoms with Crippen LogP contribution in [0.15, 0.2) is 42.7 Å². The van der Waals surface area contributed by atoms with Gasteiger partial charge in [-0.05, 0) is 48.7 Å². The van der Waals surface area contributed by atoms with Gasteiger partial charge in [-0.15, -0.1) is 0 Å². The molecule has 2 aromatic rings. The second-order valence-electron chi connectivity index (χ2n) is 5.12. The van der Waals surface area contributed by atoms with Gasteiger partial charge in [-0.2, -0.15) is 0 Å². The summed E-state index contributed by atoms with van der Waals surface area (Å²) < 4.78 is 5.52. The number of pyridine rings is 1. The van der Waals surface area contributed by atoms with Crippen molar-refractivity contribution in [3.05, 3.63) is 59.4 Å². The molecule has 1 amide bonds. The van der Waals surface area contributed by atoms with E-state index in [0.717, 1.165) is 30.8 Å². The largest absolute Gasteiger partial charge is 0.493 e. The number of ketones is 1. The lowest BCUT2D eigenvalue weighted by molar-refractivity contribution is 0.0904. The molecule has 0 spiro atoms. The van der Waals surface area contributed by atoms with E-state index < -0.39 is 0 Å². The van der Waals surface area contributed by atoms with Gasteiger partial charge in [0.25, 0.3) is 5.91 Å². The lowest BCUT2D eigenvalue weighted by Crippen LogP contribution is -2.29. The third kappa shape index (κ3) is 3.14. The van der Waals surface area contributed by atoms with Crippen molar-refractivity contribution in [1.29, 1.82) is 0 Å². The number of benzene rings is 1. The summed E-state index contributed by atoms with van der Waals surface area (Å²) in [5.41, 5.74) is 2.13. The van der Waals surface area contributed by atoms with Gasteiger partial charge in [-0.1, -0.05) is 0 Å². The van der Waals surface area contributed by atoms with Crippen molar-refractivity contribution in [1.82, 2.24) is 10.3 Å². The standard InChI is InChI=1S/C17H16N2O3/c20-15(12-5-7-18-8-6-12)11-19-17(21)14-3-4-16-13(10-14)2-1-9-22-16/h3-8,10H,1-2,9,11H2,(H,19,21). The number of hydrogen-bond acceptors (Lipinski definition) is 4. The molecule has 0 saturated carbocycles. The molecular weight excluding hydrogens is 280 g/mol. The molecule has 3 rings (SSSR count). The quantitative estimate of drug-likeness (QED) is 0.876. The zero-order valence-corrected chi connectivity index (χ0v) is 12.0. The van der Waals surface area contributed by atoms with Crippen molar-refractivity contribution < 1.29 is 14.3 Å². The molecule has 0 saturated heterocycles. The molecular formula is C17H16N2O3. The summed E-state index contributed by atoms with van der Waals surface area (Å²) in [4.78, 5) is 28.0. The lowest BCUT2D eigenvalue weighted by Gasteiger charge is -2.17. The molecule has 5 heteroatoms. The average Bonchev–Trinajstić information content (AvgIpc) is 2.59. The van der Waals surface area contributed by atoms with E-state index in [2.05, 4.69) is 10.3 Å². The Morgan fingerprint density at radius 2 is 1.95 bits per heavy atom. The monoisotopic (exact) mass is 296 g/mol. The van der Waals surface area contributed by atoms with E-state index >= 15 is 0 Å². The molecule has 1 aliphatic rings. The van der Waals surface area contributed by atoms with E-state index in [1.807, 2.05) is 12.1 Å². The highest BCUT2D eigenvalue weighted by atomic mass is 16.5. The number of aromatic nitrogens is 1. The summed E-state index contributed by atoms with van der Waals surface area (Å²) in [5, 5.41) is 2.65. The summed E-state index contributed by atoms with van der Waals surface area (Å²) >= 11 is 0. The predicted molar refractivity (Wildman–Crippen MR) is 81.2 cm³/mol. The van der Waals surface area contributed by atoms with Gasteiger partial charge in [-0.3, -0.25) is 14.6 Å². The Bertz CT molecular complexity index is 698. The second-order valence-corrected chi connectivity index (χ2v) is 5.12. The zero-order chi connectivity index (χ0) is 15.4. The van der Waals surface area contributed by atoms with Gasteiger partial charge < -0.3 is 10.1 Å². The smallest absolute Gasteiger partial charge is 0.251 e. The highest BCUT2D eigenvalue weighted by Gasteiger charge is 2.14. The summed E-state index contributed by atoms with van der Waals surface area (Å²) in [7, 11) is 0. The first-order valence-electron chi connectivity index (χ1n) is 7.21. The number of nitrogens with zero attached hydrogens (tertiary/aromatic N) is 1. The van der Waals surface area contributed by atoms with Crippen LogP contribution >= 0.6 is 0 Å². The molecule has 1 aliphatic heterocycles. The van der Waals surface area contributed by atoms with Crippen molar-refractivity contribution in [3.63, 3.8) is 0 Å². The number of rotatable bonds is 4. The number of nitrogens with one attached hydrogen (secondary N) is 1. The minimum absolute atomic E-state index is 0.0313. The highest BCUT2D eigenvalue weighted by Crippen LogP contribution is 2.25. The summed E-state index contributed by atoms with van der Waals surface area (Å²) in [5.74, 6) is 0.448. The van der Waals surface area contributed by atoms with Crippen LogP contribution < -0.4 is 10.1 Å². The van der Waals surface area contributed by atoms with Crippen LogP contribution in [0.2, 0.25) is 0 Å². The third-order valence-electron chi connectivity index (χ3n) is 3.58. The van der Waals surface area contributed by atoms with Gasteiger partial charge in [0, 0.05) is 23.5 Å². The molecule has 22 heavy (non-hydrogen) atoms. The Kier molecular flexibility index (Phi) is 4.14. The molecule has 2 heterocycles. The van der Waals surface area contributed by atoms with Crippen LogP contribution in [0, 0.1) is 0 Å². The van der Waals surface area contributed by atoms with Gasteiger partial charge in [0.05, 0.1) is 13.2 Å². The average molecular weight is 296 g/mol. The number of amides is 1. The van der Waals surface area contributed by atoms with Gasteiger partial charge in [0.2, 0.25) is 0 Å². The highest BCUT2D eigenvalue weighted by molar-refractivity contribution is 6.02. The van der Waals surface area contributed by atoms with Gasteiger partial charge >= 0.3 is 0 Å². The minimum Gasteiger partial charge on any atom is -0.493 e. The maximum Gasteiger partial charge on any atom is 0.251 e. The molecule has 5 nitrogen and oxygen atoms in total. The van der Waals surface area contributed by atoms with E-state index in [0.29, 0.717) is 11.1 Å². The van der Waals surface area contributed by atoms with E-state index in [4.69, 9.17) is 4.74 Å². The molecule has 1 aromatic carbocycles. The lowest BCUT2D eigenvalue weighted by atomic mass is 10.0. The summed E-state index contributed by atoms with van der Waals surface area (Å²) in [6.07, 6.45) is 4.97. The minimum atomic E-state index is -0.254. The number of hydrogen-bond donors (Lipinski definition) is 1. The van der Waals surface area contributed by atoms with E-state index in [1.54, 1.807) is 30.6 Å². The van der Waals surface area contributed by atoms with Crippen LogP contribution in [-0.4, -0.2) is 29.8 Å². The maximum absolute atomic E-state index is 12.1. The maximum atomic E-state index is 12.1. The molecule has 0 atom stereocenters. The number of ether oxygens (including phenoxy) is 1. The third-order valence-corrected chi connectivity index (χ3v) is 3.58. The van der Waals surface area contributed by atoms with Crippen molar-refractivity contribution in [2.75, 3.05) is 13.2 Å². The van der Waals surface area contributed by atoms with E-state index in [1.165, 1.54) is 0 Å². The predicted octanol–water partition coefficient (Wildman–Crippen LogP) is 2.02. The van der Waals surface area contributed by atoms with Crippen LogP contribution in [0.1, 0.15) is 32.7 Å². The first kappa shape index (κ1) is 14.3. The van der Waals surface area contributed by atoms with Crippen LogP contribution in [0.25, 0.3) is 0 Å². The fourth-order valence-corrected chi connectivity index (χ4v) is 2.40. The SMILES string of the molecule is O=C(CNC(=O)c1ccc2c(c1)CCCO2)c1ccncc1. The van der Waals surface area contributed by atoms with Gasteiger partial charge in [0.1, 0.15) is 5.75 Å². The molecule has 0 unspecified atom stereocenters. The first-order chi connectivity index (χ1) is 10.7. The van der Waals surface area contributed by atoms with E-state index in [-0.39, 0.29) is 18.2 Å². The van der Waals surface area contributed by atoms with Crippen LogP contribution in [0.3, 0.4) is 0 Å². The number of carbonyl (C=O) groups excluding carboxylic acids is 2. The molecule has 0 fully saturated rings. The molecule has 0 radical (unpaired) electrons. The fraction of sp³-hybridized carbons (Fsp3) is 0.235. The number of aryl methyl sites for hydroxylation is 1. The topological polar surface area (TPSA) is 68.3 Å². The zero-order valence-electron chi connectivity index (χ0n) is 12.0. The number of Topliss-reactive ketones (excluding diaryl/α,β-unsaturated/α-hetero) is 1. The second kappa shape index (κ2) is 6.39. The normalized spacial score (nSPS) is 12.9. The molecule has 0 bridgehead atoms. The Labute approximate surface area is 128 Å². The van der Waals surface area contributed by atoms with Crippen LogP contribution in [-0.2, 0) is 6.42 Å². The van der Waals surface area contributed by atoms with Crippen molar-refractivity contribution in [2.24, 2.45) is 0 Å². The first-order valence-corrected chi connectivity index (χ1v) is 7.21. The van der Waals surface area contributed by atoms with Crippen molar-refractivity contribution in [2.45, 2.75) is 12.8 Å². The molecule has 0 aliphatic carbocycles. The van der Waals surface area contributed by atoms with Crippen molar-refractivity contribution >= 4 is 11.7 Å². The molecule has 1 aromatic heterocycles. The Morgan fingerprint density at radius 1 is 1.14 bits per heavy atom. The Hall–Kier alpha value is -2.69. The Balaban J connectivity index is 1.64. The Morgan fingerprint density at radius 3 is 2.77 bits per heavy atom. The van der Waals surface area contributed by atoms with Crippen molar-refractivity contribution in [3.8, 4) is 5.75 Å². The van der Waals surface area contributed by atoms with Gasteiger partial charge in [-0.25, -0.2) is 0 Å².